The Morgan fingerprint density at radius 2 is 2.11 bits per heavy atom. The van der Waals surface area contributed by atoms with Crippen molar-refractivity contribution in [3.8, 4) is 11.5 Å². The molecule has 0 spiro atoms. The molecule has 0 amide bonds. The normalized spacial score (nSPS) is 16.6. The van der Waals surface area contributed by atoms with E-state index in [-0.39, 0.29) is 45.4 Å². The zero-order chi connectivity index (χ0) is 21.3. The molecule has 0 radical (unpaired) electrons. The predicted molar refractivity (Wildman–Crippen MR) is 107 cm³/mol. The van der Waals surface area contributed by atoms with E-state index in [1.165, 1.54) is 19.3 Å². The van der Waals surface area contributed by atoms with Gasteiger partial charge in [-0.2, -0.15) is 0 Å². The van der Waals surface area contributed by atoms with E-state index in [1.807, 2.05) is 6.92 Å². The summed E-state index contributed by atoms with van der Waals surface area (Å²) in [6, 6.07) is 1.50. The van der Waals surface area contributed by atoms with Gasteiger partial charge in [0, 0.05) is 24.0 Å². The van der Waals surface area contributed by atoms with E-state index in [1.54, 1.807) is 6.92 Å². The minimum atomic E-state index is -0.408. The van der Waals surface area contributed by atoms with Crippen LogP contribution in [0.25, 0.3) is 0 Å². The summed E-state index contributed by atoms with van der Waals surface area (Å²) >= 11 is 6.02. The van der Waals surface area contributed by atoms with E-state index >= 15 is 0 Å². The van der Waals surface area contributed by atoms with Gasteiger partial charge in [0.15, 0.2) is 11.6 Å². The average Bonchev–Trinajstić information content (AvgIpc) is 2.68. The van der Waals surface area contributed by atoms with Gasteiger partial charge in [-0.25, -0.2) is 4.99 Å². The maximum absolute atomic E-state index is 10.6. The third-order valence-corrected chi connectivity index (χ3v) is 4.37. The summed E-state index contributed by atoms with van der Waals surface area (Å²) in [4.78, 5) is 19.2. The molecule has 2 rings (SSSR count). The summed E-state index contributed by atoms with van der Waals surface area (Å²) in [5, 5.41) is 31.8. The topological polar surface area (TPSA) is 121 Å². The summed E-state index contributed by atoms with van der Waals surface area (Å²) in [5.41, 5.74) is 0.493. The Kier molecular flexibility index (Phi) is 9.47. The number of aromatic hydroxyl groups is 1. The lowest BCUT2D eigenvalue weighted by Crippen LogP contribution is -2.10. The first-order valence-electron chi connectivity index (χ1n) is 8.60. The van der Waals surface area contributed by atoms with Crippen LogP contribution in [-0.2, 0) is 16.2 Å². The number of carbonyl (C=O) groups excluding carboxylic acids is 1. The van der Waals surface area contributed by atoms with Gasteiger partial charge in [-0.1, -0.05) is 23.7 Å². The molecule has 0 aliphatic heterocycles. The average molecular weight is 413 g/mol. The van der Waals surface area contributed by atoms with Gasteiger partial charge < -0.3 is 24.9 Å². The lowest BCUT2D eigenvalue weighted by atomic mass is 9.95. The van der Waals surface area contributed by atoms with Crippen LogP contribution in [-0.4, -0.2) is 47.4 Å². The number of carbonyl (C=O) groups is 1. The molecular formula is C19H25ClN2O6. The molecule has 0 heterocycles. The Balaban J connectivity index is 0.000000362. The highest BCUT2D eigenvalue weighted by molar-refractivity contribution is 6.35. The second kappa shape index (κ2) is 11.3. The van der Waals surface area contributed by atoms with Crippen molar-refractivity contribution in [1.29, 1.82) is 0 Å². The Morgan fingerprint density at radius 3 is 2.57 bits per heavy atom. The molecule has 28 heavy (non-hydrogen) atoms. The number of hydrogen-bond acceptors (Lipinski definition) is 7. The number of allylic oxidation sites excluding steroid dienone is 2. The Labute approximate surface area is 168 Å². The van der Waals surface area contributed by atoms with Crippen molar-refractivity contribution in [1.82, 2.24) is 0 Å². The molecule has 8 nitrogen and oxygen atoms in total. The fourth-order valence-corrected chi connectivity index (χ4v) is 2.58. The molecule has 1 atom stereocenters. The number of methoxy groups -OCH3 is 1. The maximum atomic E-state index is 10.6. The number of ether oxygens (including phenoxy) is 1. The van der Waals surface area contributed by atoms with Crippen molar-refractivity contribution in [3.63, 3.8) is 0 Å². The molecule has 0 unspecified atom stereocenters. The number of ketones is 1. The van der Waals surface area contributed by atoms with E-state index in [0.717, 1.165) is 6.42 Å². The maximum Gasteiger partial charge on any atom is 0.199 e. The highest BCUT2D eigenvalue weighted by atomic mass is 35.5. The number of rotatable bonds is 5. The van der Waals surface area contributed by atoms with Crippen molar-refractivity contribution in [3.05, 3.63) is 34.1 Å². The summed E-state index contributed by atoms with van der Waals surface area (Å²) in [5.74, 6) is 0.572. The molecule has 154 valence electrons. The van der Waals surface area contributed by atoms with E-state index in [9.17, 15) is 15.0 Å². The smallest absolute Gasteiger partial charge is 0.199 e. The number of aliphatic imine (C=N–C) groups is 1. The van der Waals surface area contributed by atoms with E-state index < -0.39 is 6.61 Å². The van der Waals surface area contributed by atoms with Gasteiger partial charge in [-0.3, -0.25) is 4.79 Å². The van der Waals surface area contributed by atoms with E-state index in [2.05, 4.69) is 16.9 Å². The van der Waals surface area contributed by atoms with Crippen molar-refractivity contribution >= 4 is 29.9 Å². The first-order chi connectivity index (χ1) is 13.3. The lowest BCUT2D eigenvalue weighted by Gasteiger charge is -2.13. The number of benzene rings is 1. The van der Waals surface area contributed by atoms with Crippen LogP contribution in [0.2, 0.25) is 5.02 Å². The highest BCUT2D eigenvalue weighted by Crippen LogP contribution is 2.38. The van der Waals surface area contributed by atoms with Crippen LogP contribution in [0.3, 0.4) is 0 Å². The molecule has 1 aromatic carbocycles. The van der Waals surface area contributed by atoms with Crippen LogP contribution in [0.5, 0.6) is 11.5 Å². The highest BCUT2D eigenvalue weighted by Gasteiger charge is 2.19. The summed E-state index contributed by atoms with van der Waals surface area (Å²) in [6.07, 6.45) is 2.71. The minimum Gasteiger partial charge on any atom is -0.512 e. The third-order valence-electron chi connectivity index (χ3n) is 3.99. The summed E-state index contributed by atoms with van der Waals surface area (Å²) in [6.45, 7) is 6.99. The number of aliphatic hydroxyl groups is 2. The van der Waals surface area contributed by atoms with Gasteiger partial charge in [0.05, 0.1) is 30.1 Å². The predicted octanol–water partition coefficient (Wildman–Crippen LogP) is 3.37. The Bertz CT molecular complexity index is 776. The fourth-order valence-electron chi connectivity index (χ4n) is 2.33. The monoisotopic (exact) mass is 412 g/mol. The molecule has 3 N–H and O–H groups in total. The van der Waals surface area contributed by atoms with Crippen LogP contribution in [0.15, 0.2) is 28.0 Å². The van der Waals surface area contributed by atoms with Crippen molar-refractivity contribution in [2.24, 2.45) is 16.1 Å². The minimum absolute atomic E-state index is 0.00398. The number of amidine groups is 1. The Morgan fingerprint density at radius 1 is 1.43 bits per heavy atom. The van der Waals surface area contributed by atoms with Gasteiger partial charge in [0.1, 0.15) is 18.1 Å². The summed E-state index contributed by atoms with van der Waals surface area (Å²) in [7, 11) is 1.41. The molecule has 1 aliphatic carbocycles. The van der Waals surface area contributed by atoms with Gasteiger partial charge in [-0.05, 0) is 26.1 Å². The van der Waals surface area contributed by atoms with Gasteiger partial charge in [0.2, 0.25) is 0 Å². The van der Waals surface area contributed by atoms with Crippen molar-refractivity contribution < 1.29 is 29.7 Å². The first-order valence-corrected chi connectivity index (χ1v) is 8.97. The third kappa shape index (κ3) is 5.97. The molecule has 1 aliphatic rings. The second-order valence-corrected chi connectivity index (χ2v) is 6.27. The van der Waals surface area contributed by atoms with E-state index in [0.29, 0.717) is 18.6 Å². The van der Waals surface area contributed by atoms with Crippen LogP contribution in [0.1, 0.15) is 37.8 Å². The van der Waals surface area contributed by atoms with Crippen molar-refractivity contribution in [2.45, 2.75) is 33.3 Å². The number of phenols is 1. The lowest BCUT2D eigenvalue weighted by molar-refractivity contribution is -0.115. The SMILES string of the molecule is C=N/C(=N\OCC)c1cc(OC)c(CO)c(O)c1Cl.C[C@@H]1CCC(=O)C=C1O. The largest absolute Gasteiger partial charge is 0.512 e. The molecule has 0 aromatic heterocycles. The molecule has 0 bridgehead atoms. The molecule has 0 fully saturated rings. The molecule has 0 saturated heterocycles. The molecule has 0 saturated carbocycles. The first kappa shape index (κ1) is 23.5. The zero-order valence-corrected chi connectivity index (χ0v) is 16.9. The van der Waals surface area contributed by atoms with Crippen LogP contribution in [0, 0.1) is 5.92 Å². The van der Waals surface area contributed by atoms with E-state index in [4.69, 9.17) is 26.3 Å². The number of aliphatic hydroxyl groups excluding tert-OH is 2. The van der Waals surface area contributed by atoms with Gasteiger partial charge in [-0.15, -0.1) is 0 Å². The summed E-state index contributed by atoms with van der Waals surface area (Å²) < 4.78 is 5.08. The number of nitrogens with zero attached hydrogens (tertiary/aromatic N) is 2. The fraction of sp³-hybridized carbons (Fsp3) is 0.421. The second-order valence-electron chi connectivity index (χ2n) is 5.89. The van der Waals surface area contributed by atoms with Gasteiger partial charge in [0.25, 0.3) is 0 Å². The Hall–Kier alpha value is -2.58. The van der Waals surface area contributed by atoms with Crippen LogP contribution >= 0.6 is 11.6 Å². The number of hydrogen-bond donors (Lipinski definition) is 3. The van der Waals surface area contributed by atoms with Crippen LogP contribution < -0.4 is 4.74 Å². The molecular weight excluding hydrogens is 388 g/mol. The number of oxime groups is 1. The molecule has 9 heteroatoms. The quantitative estimate of drug-likeness (QED) is 0.387. The van der Waals surface area contributed by atoms with Crippen LogP contribution in [0.4, 0.5) is 0 Å². The van der Waals surface area contributed by atoms with Gasteiger partial charge >= 0.3 is 0 Å². The standard InChI is InChI=1S/C12H15ClN2O4.C7H10O2/c1-4-19-15-12(14-2)7-5-9(18-3)8(6-16)11(17)10(7)13;1-5-2-3-6(8)4-7(5)9/h5,16-17H,2,4,6H2,1,3H3;4-5,9H,2-3H2,1H3/b15-12-;/t;5-/m.1/s1. The zero-order valence-electron chi connectivity index (χ0n) is 16.1. The van der Waals surface area contributed by atoms with Crippen molar-refractivity contribution in [2.75, 3.05) is 13.7 Å². The number of halogens is 1. The molecule has 1 aromatic rings.